The Balaban J connectivity index is 1.68. The molecule has 0 bridgehead atoms. The molecule has 2 amide bonds. The molecule has 6 nitrogen and oxygen atoms in total. The van der Waals surface area contributed by atoms with Gasteiger partial charge in [0, 0.05) is 13.1 Å². The van der Waals surface area contributed by atoms with Crippen LogP contribution in [-0.2, 0) is 4.79 Å². The first-order valence-electron chi connectivity index (χ1n) is 5.54. The van der Waals surface area contributed by atoms with Crippen LogP contribution in [0, 0.1) is 0 Å². The average molecular weight is 269 g/mol. The zero-order valence-corrected chi connectivity index (χ0v) is 10.8. The number of hydrogen-bond donors (Lipinski definition) is 3. The van der Waals surface area contributed by atoms with E-state index in [0.29, 0.717) is 18.0 Å². The van der Waals surface area contributed by atoms with E-state index in [4.69, 9.17) is 0 Å². The highest BCUT2D eigenvalue weighted by atomic mass is 32.1. The molecular weight excluding hydrogens is 254 g/mol. The zero-order chi connectivity index (χ0) is 13.2. The van der Waals surface area contributed by atoms with Gasteiger partial charge in [-0.25, -0.2) is 0 Å². The molecule has 1 saturated heterocycles. The van der Waals surface area contributed by atoms with Crippen LogP contribution < -0.4 is 10.9 Å². The molecule has 3 N–H and O–H groups in total. The van der Waals surface area contributed by atoms with Crippen molar-refractivity contribution >= 4 is 23.2 Å². The summed E-state index contributed by atoms with van der Waals surface area (Å²) in [5.41, 5.74) is 3.99. The largest absolute Gasteiger partial charge is 0.388 e. The number of carbonyl (C=O) groups excluding carboxylic acids is 2. The molecule has 1 fully saturated rings. The van der Waals surface area contributed by atoms with E-state index in [-0.39, 0.29) is 18.4 Å². The number of carbonyl (C=O) groups is 2. The fraction of sp³-hybridized carbons (Fsp3) is 0.455. The summed E-state index contributed by atoms with van der Waals surface area (Å²) >= 11 is 1.31. The van der Waals surface area contributed by atoms with Crippen LogP contribution in [0.4, 0.5) is 0 Å². The van der Waals surface area contributed by atoms with Crippen molar-refractivity contribution in [3.05, 3.63) is 22.4 Å². The summed E-state index contributed by atoms with van der Waals surface area (Å²) in [4.78, 5) is 25.3. The van der Waals surface area contributed by atoms with Gasteiger partial charge in [0.2, 0.25) is 0 Å². The average Bonchev–Trinajstić information content (AvgIpc) is 2.76. The third-order valence-corrected chi connectivity index (χ3v) is 3.42. The number of nitrogens with zero attached hydrogens (tertiary/aromatic N) is 1. The summed E-state index contributed by atoms with van der Waals surface area (Å²) in [5, 5.41) is 11.3. The van der Waals surface area contributed by atoms with Crippen molar-refractivity contribution < 1.29 is 14.7 Å². The lowest BCUT2D eigenvalue weighted by Crippen LogP contribution is -2.62. The lowest BCUT2D eigenvalue weighted by molar-refractivity contribution is -0.130. The van der Waals surface area contributed by atoms with Gasteiger partial charge in [-0.2, -0.15) is 0 Å². The van der Waals surface area contributed by atoms with Crippen LogP contribution in [0.15, 0.2) is 17.5 Å². The summed E-state index contributed by atoms with van der Waals surface area (Å²) in [5.74, 6) is -0.621. The van der Waals surface area contributed by atoms with Gasteiger partial charge in [-0.05, 0) is 18.4 Å². The minimum absolute atomic E-state index is 0.168. The maximum Gasteiger partial charge on any atom is 0.279 e. The van der Waals surface area contributed by atoms with Crippen LogP contribution in [0.2, 0.25) is 0 Å². The lowest BCUT2D eigenvalue weighted by atomic mass is 9.97. The zero-order valence-electron chi connectivity index (χ0n) is 9.97. The second-order valence-electron chi connectivity index (χ2n) is 4.62. The number of hydrogen-bond acceptors (Lipinski definition) is 5. The Morgan fingerprint density at radius 2 is 2.22 bits per heavy atom. The van der Waals surface area contributed by atoms with Crippen LogP contribution >= 0.6 is 11.3 Å². The molecule has 18 heavy (non-hydrogen) atoms. The van der Waals surface area contributed by atoms with Gasteiger partial charge in [-0.1, -0.05) is 6.07 Å². The van der Waals surface area contributed by atoms with Crippen molar-refractivity contribution in [1.29, 1.82) is 0 Å². The van der Waals surface area contributed by atoms with Crippen LogP contribution in [0.25, 0.3) is 0 Å². The first-order chi connectivity index (χ1) is 8.46. The SMILES string of the molecule is CC1(O)CN(CC(=O)NNC(=O)c2cccs2)C1. The Hall–Kier alpha value is -1.44. The molecule has 2 rings (SSSR count). The second kappa shape index (κ2) is 5.05. The highest BCUT2D eigenvalue weighted by molar-refractivity contribution is 7.12. The van der Waals surface area contributed by atoms with Gasteiger partial charge in [-0.15, -0.1) is 11.3 Å². The number of aliphatic hydroxyl groups is 1. The van der Waals surface area contributed by atoms with E-state index < -0.39 is 5.60 Å². The summed E-state index contributed by atoms with van der Waals surface area (Å²) in [6, 6.07) is 3.45. The molecule has 1 aromatic rings. The number of rotatable bonds is 3. The Bertz CT molecular complexity index is 436. The van der Waals surface area contributed by atoms with E-state index in [1.54, 1.807) is 29.3 Å². The van der Waals surface area contributed by atoms with E-state index in [1.165, 1.54) is 11.3 Å². The normalized spacial score (nSPS) is 17.9. The number of likely N-dealkylation sites (tertiary alicyclic amines) is 1. The molecule has 0 atom stereocenters. The third-order valence-electron chi connectivity index (χ3n) is 2.56. The molecule has 7 heteroatoms. The van der Waals surface area contributed by atoms with E-state index in [0.717, 1.165) is 0 Å². The molecule has 1 aromatic heterocycles. The molecule has 0 saturated carbocycles. The number of nitrogens with one attached hydrogen (secondary N) is 2. The topological polar surface area (TPSA) is 81.7 Å². The Kier molecular flexibility index (Phi) is 3.65. The summed E-state index contributed by atoms with van der Waals surface area (Å²) in [6.07, 6.45) is 0. The molecule has 1 aliphatic heterocycles. The van der Waals surface area contributed by atoms with E-state index in [1.807, 2.05) is 0 Å². The maximum absolute atomic E-state index is 11.5. The predicted molar refractivity (Wildman–Crippen MR) is 67.0 cm³/mol. The Morgan fingerprint density at radius 3 is 2.78 bits per heavy atom. The minimum Gasteiger partial charge on any atom is -0.388 e. The quantitative estimate of drug-likeness (QED) is 0.651. The first-order valence-corrected chi connectivity index (χ1v) is 6.42. The molecule has 0 aromatic carbocycles. The molecule has 0 unspecified atom stereocenters. The summed E-state index contributed by atoms with van der Waals surface area (Å²) < 4.78 is 0. The highest BCUT2D eigenvalue weighted by Gasteiger charge is 2.37. The van der Waals surface area contributed by atoms with Crippen LogP contribution in [0.5, 0.6) is 0 Å². The standard InChI is InChI=1S/C11H15N3O3S/c1-11(17)6-14(7-11)5-9(15)12-13-10(16)8-3-2-4-18-8/h2-4,17H,5-7H2,1H3,(H,12,15)(H,13,16). The summed E-state index contributed by atoms with van der Waals surface area (Å²) in [6.45, 7) is 2.83. The van der Waals surface area contributed by atoms with Gasteiger partial charge in [0.25, 0.3) is 11.8 Å². The molecule has 0 radical (unpaired) electrons. The smallest absolute Gasteiger partial charge is 0.279 e. The van der Waals surface area contributed by atoms with Crippen LogP contribution in [-0.4, -0.2) is 47.1 Å². The number of amides is 2. The van der Waals surface area contributed by atoms with E-state index in [2.05, 4.69) is 10.9 Å². The second-order valence-corrected chi connectivity index (χ2v) is 5.57. The molecule has 98 valence electrons. The van der Waals surface area contributed by atoms with Crippen molar-refractivity contribution in [1.82, 2.24) is 15.8 Å². The van der Waals surface area contributed by atoms with Gasteiger partial charge in [0.15, 0.2) is 0 Å². The fourth-order valence-corrected chi connectivity index (χ4v) is 2.49. The van der Waals surface area contributed by atoms with Crippen LogP contribution in [0.3, 0.4) is 0 Å². The summed E-state index contributed by atoms with van der Waals surface area (Å²) in [7, 11) is 0. The fourth-order valence-electron chi connectivity index (χ4n) is 1.87. The van der Waals surface area contributed by atoms with Crippen LogP contribution in [0.1, 0.15) is 16.6 Å². The van der Waals surface area contributed by atoms with E-state index in [9.17, 15) is 14.7 Å². The van der Waals surface area contributed by atoms with Gasteiger partial charge in [0.05, 0.1) is 17.0 Å². The van der Waals surface area contributed by atoms with Crippen molar-refractivity contribution in [2.45, 2.75) is 12.5 Å². The van der Waals surface area contributed by atoms with Crippen molar-refractivity contribution in [3.63, 3.8) is 0 Å². The lowest BCUT2D eigenvalue weighted by Gasteiger charge is -2.43. The minimum atomic E-state index is -0.694. The Morgan fingerprint density at radius 1 is 1.50 bits per heavy atom. The van der Waals surface area contributed by atoms with Gasteiger partial charge in [-0.3, -0.25) is 25.3 Å². The first kappa shape index (κ1) is 13.0. The number of β-amino-alcohol motifs (C(OH)–C–C–N with tert-alkyl or cyclic N) is 1. The predicted octanol–water partition coefficient (Wildman–Crippen LogP) is -0.424. The van der Waals surface area contributed by atoms with Crippen molar-refractivity contribution in [2.24, 2.45) is 0 Å². The number of hydrazine groups is 1. The molecule has 0 spiro atoms. The van der Waals surface area contributed by atoms with Gasteiger partial charge in [0.1, 0.15) is 0 Å². The molecule has 2 heterocycles. The monoisotopic (exact) mass is 269 g/mol. The van der Waals surface area contributed by atoms with Crippen molar-refractivity contribution in [2.75, 3.05) is 19.6 Å². The Labute approximate surface area is 109 Å². The molecule has 0 aliphatic carbocycles. The van der Waals surface area contributed by atoms with Crippen molar-refractivity contribution in [3.8, 4) is 0 Å². The van der Waals surface area contributed by atoms with Gasteiger partial charge < -0.3 is 5.11 Å². The molecule has 1 aliphatic rings. The third kappa shape index (κ3) is 3.28. The van der Waals surface area contributed by atoms with E-state index >= 15 is 0 Å². The molecular formula is C11H15N3O3S. The highest BCUT2D eigenvalue weighted by Crippen LogP contribution is 2.18. The van der Waals surface area contributed by atoms with Gasteiger partial charge >= 0.3 is 0 Å². The number of thiophene rings is 1. The maximum atomic E-state index is 11.5.